The minimum atomic E-state index is 0.393. The first-order valence-electron chi connectivity index (χ1n) is 5.29. The summed E-state index contributed by atoms with van der Waals surface area (Å²) in [4.78, 5) is 0. The molecule has 78 valence electrons. The molecule has 0 heterocycles. The third-order valence-corrected chi connectivity index (χ3v) is 2.44. The number of nitrogen functional groups attached to an aromatic ring is 1. The quantitative estimate of drug-likeness (QED) is 0.570. The lowest BCUT2D eigenvalue weighted by Gasteiger charge is -2.12. The SMILES string of the molecule is CCCc1c(N)ccc(O)c1CCC. The number of benzene rings is 1. The van der Waals surface area contributed by atoms with E-state index in [1.165, 1.54) is 0 Å². The van der Waals surface area contributed by atoms with Crippen LogP contribution in [0.1, 0.15) is 37.8 Å². The maximum atomic E-state index is 9.72. The summed E-state index contributed by atoms with van der Waals surface area (Å²) in [5, 5.41) is 9.72. The second-order valence-electron chi connectivity index (χ2n) is 3.63. The summed E-state index contributed by atoms with van der Waals surface area (Å²) >= 11 is 0. The van der Waals surface area contributed by atoms with Crippen molar-refractivity contribution in [2.75, 3.05) is 5.73 Å². The molecule has 0 aliphatic rings. The van der Waals surface area contributed by atoms with Crippen molar-refractivity contribution in [3.05, 3.63) is 23.3 Å². The van der Waals surface area contributed by atoms with E-state index in [-0.39, 0.29) is 0 Å². The molecule has 0 atom stereocenters. The molecule has 0 aliphatic carbocycles. The zero-order chi connectivity index (χ0) is 10.6. The Kier molecular flexibility index (Phi) is 3.81. The highest BCUT2D eigenvalue weighted by molar-refractivity contribution is 5.56. The Labute approximate surface area is 85.8 Å². The van der Waals surface area contributed by atoms with Crippen molar-refractivity contribution in [1.82, 2.24) is 0 Å². The summed E-state index contributed by atoms with van der Waals surface area (Å²) in [6, 6.07) is 3.49. The lowest BCUT2D eigenvalue weighted by atomic mass is 9.97. The molecule has 0 saturated heterocycles. The summed E-state index contributed by atoms with van der Waals surface area (Å²) in [5.74, 6) is 0.393. The first-order valence-corrected chi connectivity index (χ1v) is 5.29. The van der Waals surface area contributed by atoms with Gasteiger partial charge in [0.15, 0.2) is 0 Å². The normalized spacial score (nSPS) is 10.4. The van der Waals surface area contributed by atoms with Crippen molar-refractivity contribution in [3.8, 4) is 5.75 Å². The van der Waals surface area contributed by atoms with E-state index in [2.05, 4.69) is 13.8 Å². The van der Waals surface area contributed by atoms with Crippen LogP contribution in [-0.4, -0.2) is 5.11 Å². The van der Waals surface area contributed by atoms with Crippen molar-refractivity contribution >= 4 is 5.69 Å². The van der Waals surface area contributed by atoms with Gasteiger partial charge in [0, 0.05) is 5.69 Å². The van der Waals surface area contributed by atoms with E-state index in [0.29, 0.717) is 5.75 Å². The van der Waals surface area contributed by atoms with Crippen LogP contribution in [0.2, 0.25) is 0 Å². The van der Waals surface area contributed by atoms with Crippen LogP contribution in [0.5, 0.6) is 5.75 Å². The summed E-state index contributed by atoms with van der Waals surface area (Å²) in [5.41, 5.74) is 8.88. The molecule has 0 radical (unpaired) electrons. The highest BCUT2D eigenvalue weighted by atomic mass is 16.3. The molecule has 0 fully saturated rings. The molecule has 2 nitrogen and oxygen atoms in total. The molecule has 3 N–H and O–H groups in total. The second kappa shape index (κ2) is 4.89. The highest BCUT2D eigenvalue weighted by Gasteiger charge is 2.09. The largest absolute Gasteiger partial charge is 0.508 e. The fraction of sp³-hybridized carbons (Fsp3) is 0.500. The van der Waals surface area contributed by atoms with Crippen LogP contribution in [0.3, 0.4) is 0 Å². The van der Waals surface area contributed by atoms with Crippen LogP contribution in [0.25, 0.3) is 0 Å². The zero-order valence-corrected chi connectivity index (χ0v) is 9.01. The van der Waals surface area contributed by atoms with E-state index >= 15 is 0 Å². The topological polar surface area (TPSA) is 46.2 Å². The minimum absolute atomic E-state index is 0.393. The number of hydrogen-bond acceptors (Lipinski definition) is 2. The molecule has 0 amide bonds. The lowest BCUT2D eigenvalue weighted by molar-refractivity contribution is 0.466. The molecule has 0 bridgehead atoms. The Bertz CT molecular complexity index is 276. The average molecular weight is 193 g/mol. The third kappa shape index (κ3) is 2.19. The van der Waals surface area contributed by atoms with Crippen LogP contribution in [0, 0.1) is 0 Å². The summed E-state index contributed by atoms with van der Waals surface area (Å²) < 4.78 is 0. The number of rotatable bonds is 4. The minimum Gasteiger partial charge on any atom is -0.508 e. The molecule has 0 aromatic heterocycles. The number of phenolic OH excluding ortho intramolecular Hbond substituents is 1. The van der Waals surface area contributed by atoms with Gasteiger partial charge >= 0.3 is 0 Å². The Morgan fingerprint density at radius 2 is 1.64 bits per heavy atom. The number of anilines is 1. The van der Waals surface area contributed by atoms with E-state index in [1.807, 2.05) is 0 Å². The maximum absolute atomic E-state index is 9.72. The van der Waals surface area contributed by atoms with Gasteiger partial charge in [0.05, 0.1) is 0 Å². The Morgan fingerprint density at radius 3 is 2.21 bits per heavy atom. The third-order valence-electron chi connectivity index (χ3n) is 2.44. The first-order chi connectivity index (χ1) is 6.70. The monoisotopic (exact) mass is 193 g/mol. The molecule has 0 saturated carbocycles. The smallest absolute Gasteiger partial charge is 0.119 e. The zero-order valence-electron chi connectivity index (χ0n) is 9.01. The fourth-order valence-electron chi connectivity index (χ4n) is 1.77. The molecule has 14 heavy (non-hydrogen) atoms. The predicted molar refractivity (Wildman–Crippen MR) is 60.5 cm³/mol. The summed E-state index contributed by atoms with van der Waals surface area (Å²) in [7, 11) is 0. The summed E-state index contributed by atoms with van der Waals surface area (Å²) in [6.07, 6.45) is 3.96. The van der Waals surface area contributed by atoms with Gasteiger partial charge < -0.3 is 10.8 Å². The first kappa shape index (κ1) is 10.9. The molecule has 1 aromatic rings. The number of aromatic hydroxyl groups is 1. The van der Waals surface area contributed by atoms with Crippen molar-refractivity contribution in [2.45, 2.75) is 39.5 Å². The van der Waals surface area contributed by atoms with Crippen molar-refractivity contribution in [1.29, 1.82) is 0 Å². The van der Waals surface area contributed by atoms with Gasteiger partial charge in [0.1, 0.15) is 5.75 Å². The van der Waals surface area contributed by atoms with Gasteiger partial charge in [0.25, 0.3) is 0 Å². The highest BCUT2D eigenvalue weighted by Crippen LogP contribution is 2.28. The molecular formula is C12H19NO. The number of hydrogen-bond donors (Lipinski definition) is 2. The van der Waals surface area contributed by atoms with E-state index in [0.717, 1.165) is 42.5 Å². The molecule has 0 aliphatic heterocycles. The van der Waals surface area contributed by atoms with E-state index in [1.54, 1.807) is 12.1 Å². The molecule has 1 rings (SSSR count). The lowest BCUT2D eigenvalue weighted by Crippen LogP contribution is -2.00. The van der Waals surface area contributed by atoms with Gasteiger partial charge in [-0.05, 0) is 36.1 Å². The van der Waals surface area contributed by atoms with Crippen molar-refractivity contribution < 1.29 is 5.11 Å². The Hall–Kier alpha value is -1.18. The van der Waals surface area contributed by atoms with Crippen molar-refractivity contribution in [2.24, 2.45) is 0 Å². The van der Waals surface area contributed by atoms with E-state index in [9.17, 15) is 5.11 Å². The van der Waals surface area contributed by atoms with Gasteiger partial charge in [-0.2, -0.15) is 0 Å². The fourth-order valence-corrected chi connectivity index (χ4v) is 1.77. The standard InChI is InChI=1S/C12H19NO/c1-3-5-9-10(6-4-2)12(14)8-7-11(9)13/h7-8,14H,3-6,13H2,1-2H3. The van der Waals surface area contributed by atoms with Gasteiger partial charge in [-0.3, -0.25) is 0 Å². The summed E-state index contributed by atoms with van der Waals surface area (Å²) in [6.45, 7) is 4.23. The maximum Gasteiger partial charge on any atom is 0.119 e. The molecule has 1 aromatic carbocycles. The van der Waals surface area contributed by atoms with E-state index < -0.39 is 0 Å². The van der Waals surface area contributed by atoms with Gasteiger partial charge in [-0.1, -0.05) is 26.7 Å². The van der Waals surface area contributed by atoms with Gasteiger partial charge in [0.2, 0.25) is 0 Å². The van der Waals surface area contributed by atoms with Gasteiger partial charge in [-0.15, -0.1) is 0 Å². The van der Waals surface area contributed by atoms with Crippen molar-refractivity contribution in [3.63, 3.8) is 0 Å². The Morgan fingerprint density at radius 1 is 1.07 bits per heavy atom. The Balaban J connectivity index is 3.12. The van der Waals surface area contributed by atoms with Crippen LogP contribution in [-0.2, 0) is 12.8 Å². The van der Waals surface area contributed by atoms with Gasteiger partial charge in [-0.25, -0.2) is 0 Å². The molecule has 0 spiro atoms. The molecule has 0 unspecified atom stereocenters. The number of nitrogens with two attached hydrogens (primary N) is 1. The number of phenols is 1. The van der Waals surface area contributed by atoms with Crippen LogP contribution in [0.15, 0.2) is 12.1 Å². The van der Waals surface area contributed by atoms with Crippen LogP contribution < -0.4 is 5.73 Å². The molecular weight excluding hydrogens is 174 g/mol. The average Bonchev–Trinajstić information content (AvgIpc) is 2.17. The molecule has 2 heteroatoms. The van der Waals surface area contributed by atoms with E-state index in [4.69, 9.17) is 5.73 Å². The second-order valence-corrected chi connectivity index (χ2v) is 3.63. The van der Waals surface area contributed by atoms with Crippen LogP contribution in [0.4, 0.5) is 5.69 Å². The van der Waals surface area contributed by atoms with Crippen LogP contribution >= 0.6 is 0 Å². The predicted octanol–water partition coefficient (Wildman–Crippen LogP) is 2.88.